The van der Waals surface area contributed by atoms with Crippen LogP contribution in [0.1, 0.15) is 13.8 Å². The highest BCUT2D eigenvalue weighted by Crippen LogP contribution is 2.53. The van der Waals surface area contributed by atoms with E-state index in [1.54, 1.807) is 0 Å². The van der Waals surface area contributed by atoms with Crippen LogP contribution in [-0.4, -0.2) is 44.3 Å². The Morgan fingerprint density at radius 3 is 1.33 bits per heavy atom. The maximum Gasteiger partial charge on any atom is 0.453 e. The van der Waals surface area contributed by atoms with Crippen molar-refractivity contribution in [3.05, 3.63) is 0 Å². The molecule has 0 fully saturated rings. The van der Waals surface area contributed by atoms with Crippen LogP contribution < -0.4 is 0 Å². The Morgan fingerprint density at radius 2 is 1.00 bits per heavy atom. The van der Waals surface area contributed by atoms with E-state index in [1.807, 2.05) is 0 Å². The first kappa shape index (κ1) is 23.1. The molecule has 0 unspecified atom stereocenters. The zero-order chi connectivity index (χ0) is 19.8. The van der Waals surface area contributed by atoms with Crippen molar-refractivity contribution in [1.82, 2.24) is 0 Å². The number of alkyl halides is 11. The van der Waals surface area contributed by atoms with Gasteiger partial charge in [0.05, 0.1) is 0 Å². The summed E-state index contributed by atoms with van der Waals surface area (Å²) in [6.45, 7) is -2.60. The van der Waals surface area contributed by atoms with Gasteiger partial charge in [-0.05, 0) is 13.8 Å². The molecule has 0 N–H and O–H groups in total. The van der Waals surface area contributed by atoms with E-state index in [-0.39, 0.29) is 13.8 Å². The molecular weight excluding hydrogens is 377 g/mol. The summed E-state index contributed by atoms with van der Waals surface area (Å²) in [4.78, 5) is 0. The maximum absolute atomic E-state index is 13.3. The van der Waals surface area contributed by atoms with E-state index < -0.39 is 42.6 Å². The van der Waals surface area contributed by atoms with Crippen molar-refractivity contribution in [3.8, 4) is 0 Å². The van der Waals surface area contributed by atoms with Gasteiger partial charge in [0.1, 0.15) is 6.61 Å². The standard InChI is InChI=1S/C10H11F11O3/c1-5(2,7(13,14)15)8(16,17)24-10(20,21)9(18,19)23-6(11,12)4-22-3/h4H2,1-3H3. The molecule has 0 rings (SSSR count). The fraction of sp³-hybridized carbons (Fsp3) is 1.00. The topological polar surface area (TPSA) is 27.7 Å². The second-order valence-electron chi connectivity index (χ2n) is 4.95. The van der Waals surface area contributed by atoms with Gasteiger partial charge in [0.2, 0.25) is 0 Å². The molecule has 0 aliphatic carbocycles. The average Bonchev–Trinajstić information content (AvgIpc) is 2.23. The second kappa shape index (κ2) is 6.44. The van der Waals surface area contributed by atoms with Gasteiger partial charge in [-0.1, -0.05) is 0 Å². The predicted octanol–water partition coefficient (Wildman–Crippen LogP) is 4.63. The van der Waals surface area contributed by atoms with Crippen LogP contribution in [0.5, 0.6) is 0 Å². The summed E-state index contributed by atoms with van der Waals surface area (Å²) in [5.41, 5.74) is -4.35. The van der Waals surface area contributed by atoms with Crippen LogP contribution in [0.2, 0.25) is 0 Å². The summed E-state index contributed by atoms with van der Waals surface area (Å²) in [5, 5.41) is 0. The lowest BCUT2D eigenvalue weighted by atomic mass is 9.91. The Hall–Kier alpha value is -0.890. The molecule has 0 amide bonds. The van der Waals surface area contributed by atoms with Gasteiger partial charge in [0.25, 0.3) is 0 Å². The molecule has 0 aromatic heterocycles. The van der Waals surface area contributed by atoms with Gasteiger partial charge < -0.3 is 4.74 Å². The van der Waals surface area contributed by atoms with E-state index in [1.165, 1.54) is 0 Å². The Bertz CT molecular complexity index is 430. The first-order valence-corrected chi connectivity index (χ1v) is 5.70. The maximum atomic E-state index is 13.3. The van der Waals surface area contributed by atoms with Crippen LogP contribution in [0.15, 0.2) is 0 Å². The molecule has 3 nitrogen and oxygen atoms in total. The summed E-state index contributed by atoms with van der Waals surface area (Å²) in [6, 6.07) is 0. The largest absolute Gasteiger partial charge is 0.453 e. The molecule has 0 saturated heterocycles. The normalized spacial score (nSPS) is 15.8. The van der Waals surface area contributed by atoms with Gasteiger partial charge in [-0.2, -0.15) is 48.3 Å². The van der Waals surface area contributed by atoms with E-state index in [9.17, 15) is 48.3 Å². The molecule has 0 radical (unpaired) electrons. The monoisotopic (exact) mass is 388 g/mol. The summed E-state index contributed by atoms with van der Waals surface area (Å²) in [5.74, 6) is 0. The smallest absolute Gasteiger partial charge is 0.376 e. The van der Waals surface area contributed by atoms with Crippen LogP contribution in [0.3, 0.4) is 0 Å². The Kier molecular flexibility index (Phi) is 6.20. The van der Waals surface area contributed by atoms with Crippen molar-refractivity contribution in [2.75, 3.05) is 13.7 Å². The fourth-order valence-corrected chi connectivity index (χ4v) is 0.957. The molecule has 0 aromatic carbocycles. The first-order chi connectivity index (χ1) is 10.2. The van der Waals surface area contributed by atoms with E-state index in [4.69, 9.17) is 0 Å². The van der Waals surface area contributed by atoms with Gasteiger partial charge in [-0.25, -0.2) is 9.47 Å². The number of hydrogen-bond acceptors (Lipinski definition) is 3. The average molecular weight is 388 g/mol. The van der Waals surface area contributed by atoms with E-state index >= 15 is 0 Å². The fourth-order valence-electron chi connectivity index (χ4n) is 0.957. The molecule has 24 heavy (non-hydrogen) atoms. The third-order valence-electron chi connectivity index (χ3n) is 2.62. The van der Waals surface area contributed by atoms with Gasteiger partial charge in [0.15, 0.2) is 5.41 Å². The summed E-state index contributed by atoms with van der Waals surface area (Å²) < 4.78 is 150. The van der Waals surface area contributed by atoms with Crippen LogP contribution >= 0.6 is 0 Å². The Labute approximate surface area is 127 Å². The molecule has 0 bridgehead atoms. The molecule has 14 heteroatoms. The van der Waals surface area contributed by atoms with Gasteiger partial charge in [-0.3, -0.25) is 0 Å². The van der Waals surface area contributed by atoms with Crippen molar-refractivity contribution in [2.45, 2.75) is 44.5 Å². The quantitative estimate of drug-likeness (QED) is 0.568. The summed E-state index contributed by atoms with van der Waals surface area (Å²) in [7, 11) is 0.546. The number of rotatable bonds is 8. The minimum Gasteiger partial charge on any atom is -0.376 e. The van der Waals surface area contributed by atoms with Gasteiger partial charge in [0, 0.05) is 7.11 Å². The lowest BCUT2D eigenvalue weighted by Crippen LogP contribution is -2.57. The molecule has 0 spiro atoms. The Morgan fingerprint density at radius 1 is 0.625 bits per heavy atom. The van der Waals surface area contributed by atoms with Crippen molar-refractivity contribution in [2.24, 2.45) is 5.41 Å². The molecule has 0 aromatic rings. The number of hydrogen-bond donors (Lipinski definition) is 0. The number of ether oxygens (including phenoxy) is 3. The molecular formula is C10H11F11O3. The molecule has 0 aliphatic heterocycles. The highest BCUT2D eigenvalue weighted by molar-refractivity contribution is 4.87. The van der Waals surface area contributed by atoms with Crippen LogP contribution in [-0.2, 0) is 14.2 Å². The molecule has 0 saturated carbocycles. The van der Waals surface area contributed by atoms with Crippen LogP contribution in [0.4, 0.5) is 48.3 Å². The molecule has 0 atom stereocenters. The lowest BCUT2D eigenvalue weighted by Gasteiger charge is -2.38. The van der Waals surface area contributed by atoms with Crippen molar-refractivity contribution in [3.63, 3.8) is 0 Å². The third kappa shape index (κ3) is 4.81. The number of halogens is 11. The van der Waals surface area contributed by atoms with Crippen molar-refractivity contribution < 1.29 is 62.5 Å². The highest BCUT2D eigenvalue weighted by Gasteiger charge is 2.73. The molecule has 0 aliphatic rings. The van der Waals surface area contributed by atoms with Crippen LogP contribution in [0.25, 0.3) is 0 Å². The molecule has 0 heterocycles. The van der Waals surface area contributed by atoms with E-state index in [0.717, 1.165) is 0 Å². The third-order valence-corrected chi connectivity index (χ3v) is 2.62. The van der Waals surface area contributed by atoms with Crippen molar-refractivity contribution in [1.29, 1.82) is 0 Å². The summed E-state index contributed by atoms with van der Waals surface area (Å²) in [6.07, 6.45) is -29.8. The first-order valence-electron chi connectivity index (χ1n) is 5.70. The second-order valence-corrected chi connectivity index (χ2v) is 4.95. The SMILES string of the molecule is COCC(F)(F)OC(F)(F)C(F)(F)OC(F)(F)C(C)(C)C(F)(F)F. The number of methoxy groups -OCH3 is 1. The minimum atomic E-state index is -6.53. The molecule has 146 valence electrons. The lowest BCUT2D eigenvalue weighted by molar-refractivity contribution is -0.531. The van der Waals surface area contributed by atoms with Crippen LogP contribution in [0, 0.1) is 5.41 Å². The van der Waals surface area contributed by atoms with Crippen molar-refractivity contribution >= 4 is 0 Å². The zero-order valence-corrected chi connectivity index (χ0v) is 12.1. The minimum absolute atomic E-state index is 0.318. The zero-order valence-electron chi connectivity index (χ0n) is 12.1. The van der Waals surface area contributed by atoms with E-state index in [2.05, 4.69) is 14.2 Å². The van der Waals surface area contributed by atoms with Gasteiger partial charge >= 0.3 is 30.6 Å². The van der Waals surface area contributed by atoms with E-state index in [0.29, 0.717) is 7.11 Å². The Balaban J connectivity index is 5.52. The predicted molar refractivity (Wildman–Crippen MR) is 53.7 cm³/mol. The highest BCUT2D eigenvalue weighted by atomic mass is 19.4. The van der Waals surface area contributed by atoms with Gasteiger partial charge in [-0.15, -0.1) is 0 Å². The summed E-state index contributed by atoms with van der Waals surface area (Å²) >= 11 is 0.